The predicted molar refractivity (Wildman–Crippen MR) is 145 cm³/mol. The summed E-state index contributed by atoms with van der Waals surface area (Å²) in [6, 6.07) is 8.43. The van der Waals surface area contributed by atoms with Crippen LogP contribution in [0.5, 0.6) is 11.5 Å². The number of carbonyl (C=O) groups is 1. The van der Waals surface area contributed by atoms with Crippen molar-refractivity contribution in [2.45, 2.75) is 39.2 Å². The Morgan fingerprint density at radius 1 is 1.13 bits per heavy atom. The van der Waals surface area contributed by atoms with Crippen molar-refractivity contribution in [2.75, 3.05) is 38.8 Å². The molecule has 0 amide bonds. The summed E-state index contributed by atoms with van der Waals surface area (Å²) >= 11 is 1.26. The molecule has 4 heterocycles. The molecule has 200 valence electrons. The molecule has 10 heteroatoms. The molecule has 0 bridgehead atoms. The first-order valence-corrected chi connectivity index (χ1v) is 13.5. The number of nitrogens with zero attached hydrogens (tertiary/aromatic N) is 3. The number of benzene rings is 1. The number of anilines is 1. The van der Waals surface area contributed by atoms with Crippen molar-refractivity contribution in [3.63, 3.8) is 0 Å². The number of hydrogen-bond acceptors (Lipinski definition) is 9. The van der Waals surface area contributed by atoms with Crippen molar-refractivity contribution in [1.29, 1.82) is 0 Å². The van der Waals surface area contributed by atoms with Gasteiger partial charge in [0.05, 0.1) is 42.7 Å². The zero-order chi connectivity index (χ0) is 26.8. The van der Waals surface area contributed by atoms with Gasteiger partial charge in [0.2, 0.25) is 0 Å². The van der Waals surface area contributed by atoms with E-state index in [0.29, 0.717) is 43.4 Å². The Labute approximate surface area is 224 Å². The van der Waals surface area contributed by atoms with Gasteiger partial charge in [0.25, 0.3) is 5.56 Å². The molecule has 5 rings (SSSR count). The smallest absolute Gasteiger partial charge is 0.338 e. The van der Waals surface area contributed by atoms with Crippen LogP contribution in [0.3, 0.4) is 0 Å². The highest BCUT2D eigenvalue weighted by Gasteiger charge is 2.34. The lowest BCUT2D eigenvalue weighted by molar-refractivity contribution is -0.139. The third-order valence-corrected chi connectivity index (χ3v) is 7.78. The standard InChI is InChI=1S/C28H31N3O6S/c1-5-36-27(33)24-17(2)29-28-31(25(24)18-9-11-20(34-3)21(15-18)35-4)26(32)22(38-28)16-19-10-12-23(37-19)30-13-7-6-8-14-30/h9-12,15-16,25H,5-8,13-14H2,1-4H3/b22-16+/t25-/m0/s1. The number of furan rings is 1. The molecular formula is C28H31N3O6S. The van der Waals surface area contributed by atoms with E-state index in [0.717, 1.165) is 31.8 Å². The summed E-state index contributed by atoms with van der Waals surface area (Å²) in [6.45, 7) is 5.65. The van der Waals surface area contributed by atoms with Gasteiger partial charge in [-0.25, -0.2) is 9.79 Å². The minimum absolute atomic E-state index is 0.205. The summed E-state index contributed by atoms with van der Waals surface area (Å²) in [5, 5.41) is 0. The molecule has 0 aliphatic carbocycles. The summed E-state index contributed by atoms with van der Waals surface area (Å²) in [4.78, 5) is 34.3. The Morgan fingerprint density at radius 2 is 1.89 bits per heavy atom. The largest absolute Gasteiger partial charge is 0.493 e. The van der Waals surface area contributed by atoms with Crippen LogP contribution in [0.1, 0.15) is 50.5 Å². The number of carbonyl (C=O) groups excluding carboxylic acids is 1. The second-order valence-electron chi connectivity index (χ2n) is 9.14. The Hall–Kier alpha value is -3.79. The van der Waals surface area contributed by atoms with Crippen molar-refractivity contribution >= 4 is 29.3 Å². The number of ether oxygens (including phenoxy) is 3. The van der Waals surface area contributed by atoms with Crippen LogP contribution < -0.4 is 29.3 Å². The summed E-state index contributed by atoms with van der Waals surface area (Å²) in [7, 11) is 3.10. The highest BCUT2D eigenvalue weighted by atomic mass is 32.1. The fourth-order valence-corrected chi connectivity index (χ4v) is 5.99. The maximum Gasteiger partial charge on any atom is 0.338 e. The maximum absolute atomic E-state index is 13.8. The van der Waals surface area contributed by atoms with E-state index in [2.05, 4.69) is 9.89 Å². The van der Waals surface area contributed by atoms with Crippen LogP contribution >= 0.6 is 11.3 Å². The van der Waals surface area contributed by atoms with Gasteiger partial charge in [-0.15, -0.1) is 0 Å². The number of thiazole rings is 1. The molecule has 2 aliphatic rings. The van der Waals surface area contributed by atoms with Crippen LogP contribution in [0.2, 0.25) is 0 Å². The third kappa shape index (κ3) is 4.76. The monoisotopic (exact) mass is 537 g/mol. The zero-order valence-electron chi connectivity index (χ0n) is 22.0. The molecule has 2 aromatic heterocycles. The van der Waals surface area contributed by atoms with E-state index >= 15 is 0 Å². The van der Waals surface area contributed by atoms with Gasteiger partial charge < -0.3 is 23.5 Å². The predicted octanol–water partition coefficient (Wildman–Crippen LogP) is 3.40. The first-order chi connectivity index (χ1) is 18.4. The van der Waals surface area contributed by atoms with Crippen molar-refractivity contribution < 1.29 is 23.4 Å². The summed E-state index contributed by atoms with van der Waals surface area (Å²) in [5.74, 6) is 1.93. The van der Waals surface area contributed by atoms with Crippen LogP contribution in [0.4, 0.5) is 5.88 Å². The first-order valence-electron chi connectivity index (χ1n) is 12.7. The lowest BCUT2D eigenvalue weighted by atomic mass is 9.95. The fraction of sp³-hybridized carbons (Fsp3) is 0.393. The topological polar surface area (TPSA) is 95.5 Å². The zero-order valence-corrected chi connectivity index (χ0v) is 22.8. The molecule has 0 radical (unpaired) electrons. The summed E-state index contributed by atoms with van der Waals surface area (Å²) in [6.07, 6.45) is 5.27. The molecule has 0 saturated carbocycles. The molecule has 0 unspecified atom stereocenters. The molecule has 2 aliphatic heterocycles. The average molecular weight is 538 g/mol. The van der Waals surface area contributed by atoms with Crippen LogP contribution in [0.25, 0.3) is 6.08 Å². The van der Waals surface area contributed by atoms with Gasteiger partial charge in [-0.05, 0) is 56.9 Å². The third-order valence-electron chi connectivity index (χ3n) is 6.79. The molecular weight excluding hydrogens is 506 g/mol. The van der Waals surface area contributed by atoms with E-state index < -0.39 is 12.0 Å². The lowest BCUT2D eigenvalue weighted by Gasteiger charge is -2.25. The molecule has 1 fully saturated rings. The number of hydrogen-bond donors (Lipinski definition) is 0. The van der Waals surface area contributed by atoms with E-state index in [1.54, 1.807) is 50.8 Å². The highest BCUT2D eigenvalue weighted by Crippen LogP contribution is 2.36. The van der Waals surface area contributed by atoms with Crippen molar-refractivity contribution in [1.82, 2.24) is 4.57 Å². The number of rotatable bonds is 7. The van der Waals surface area contributed by atoms with Gasteiger partial charge in [0.15, 0.2) is 22.2 Å². The molecule has 1 atom stereocenters. The first kappa shape index (κ1) is 25.8. The minimum Gasteiger partial charge on any atom is -0.493 e. The number of esters is 1. The molecule has 0 spiro atoms. The number of allylic oxidation sites excluding steroid dienone is 1. The average Bonchev–Trinajstić information content (AvgIpc) is 3.52. The number of fused-ring (bicyclic) bond motifs is 1. The van der Waals surface area contributed by atoms with Gasteiger partial charge in [-0.1, -0.05) is 17.4 Å². The quantitative estimate of drug-likeness (QED) is 0.427. The summed E-state index contributed by atoms with van der Waals surface area (Å²) < 4.78 is 24.4. The van der Waals surface area contributed by atoms with Gasteiger partial charge in [0.1, 0.15) is 5.76 Å². The van der Waals surface area contributed by atoms with Crippen LogP contribution in [0.15, 0.2) is 55.8 Å². The highest BCUT2D eigenvalue weighted by molar-refractivity contribution is 7.07. The summed E-state index contributed by atoms with van der Waals surface area (Å²) in [5.41, 5.74) is 1.22. The maximum atomic E-state index is 13.8. The Kier molecular flexibility index (Phi) is 7.42. The van der Waals surface area contributed by atoms with E-state index in [1.165, 1.54) is 17.8 Å². The second-order valence-corrected chi connectivity index (χ2v) is 10.1. The van der Waals surface area contributed by atoms with E-state index in [1.807, 2.05) is 18.2 Å². The number of methoxy groups -OCH3 is 2. The van der Waals surface area contributed by atoms with Gasteiger partial charge in [-0.2, -0.15) is 0 Å². The second kappa shape index (κ2) is 10.9. The normalized spacial score (nSPS) is 17.7. The van der Waals surface area contributed by atoms with E-state index in [4.69, 9.17) is 18.6 Å². The van der Waals surface area contributed by atoms with Gasteiger partial charge in [-0.3, -0.25) is 9.36 Å². The van der Waals surface area contributed by atoms with E-state index in [-0.39, 0.29) is 12.2 Å². The van der Waals surface area contributed by atoms with Crippen molar-refractivity contribution in [2.24, 2.45) is 4.99 Å². The van der Waals surface area contributed by atoms with Crippen LogP contribution in [0, 0.1) is 0 Å². The van der Waals surface area contributed by atoms with Gasteiger partial charge >= 0.3 is 5.97 Å². The molecule has 0 N–H and O–H groups in total. The lowest BCUT2D eigenvalue weighted by Crippen LogP contribution is -2.39. The number of aromatic nitrogens is 1. The molecule has 1 aromatic carbocycles. The molecule has 1 saturated heterocycles. The SMILES string of the molecule is CCOC(=O)C1=C(C)N=c2s/c(=C/c3ccc(N4CCCCC4)o3)c(=O)n2[C@H]1c1ccc(OC)c(OC)c1. The fourth-order valence-electron chi connectivity index (χ4n) is 4.96. The Balaban J connectivity index is 1.63. The van der Waals surface area contributed by atoms with Crippen molar-refractivity contribution in [3.05, 3.63) is 72.6 Å². The molecule has 9 nitrogen and oxygen atoms in total. The molecule has 38 heavy (non-hydrogen) atoms. The molecule has 3 aromatic rings. The Morgan fingerprint density at radius 3 is 2.61 bits per heavy atom. The van der Waals surface area contributed by atoms with Crippen LogP contribution in [-0.2, 0) is 9.53 Å². The van der Waals surface area contributed by atoms with E-state index in [9.17, 15) is 9.59 Å². The number of piperidine rings is 1. The minimum atomic E-state index is -0.743. The Bertz CT molecular complexity index is 1560. The van der Waals surface area contributed by atoms with Crippen LogP contribution in [-0.4, -0.2) is 44.5 Å². The van der Waals surface area contributed by atoms with Crippen molar-refractivity contribution in [3.8, 4) is 11.5 Å². The van der Waals surface area contributed by atoms with Gasteiger partial charge in [0, 0.05) is 25.2 Å².